The van der Waals surface area contributed by atoms with Gasteiger partial charge in [-0.1, -0.05) is 26.0 Å². The number of rotatable bonds is 4. The summed E-state index contributed by atoms with van der Waals surface area (Å²) in [6.07, 6.45) is 0.809. The van der Waals surface area contributed by atoms with E-state index in [2.05, 4.69) is 35.2 Å². The molecule has 1 rings (SSSR count). The van der Waals surface area contributed by atoms with Crippen LogP contribution in [-0.4, -0.2) is 0 Å². The highest BCUT2D eigenvalue weighted by atomic mass is 79.9. The van der Waals surface area contributed by atoms with Crippen LogP contribution in [0.15, 0.2) is 22.7 Å². The Labute approximate surface area is 98.1 Å². The Balaban J connectivity index is 2.96. The first-order valence-electron chi connectivity index (χ1n) is 4.96. The predicted octanol–water partition coefficient (Wildman–Crippen LogP) is 3.14. The zero-order chi connectivity index (χ0) is 11.4. The highest BCUT2D eigenvalue weighted by molar-refractivity contribution is 9.10. The number of halogens is 2. The molecule has 0 saturated heterocycles. The Hall–Kier alpha value is -0.450. The van der Waals surface area contributed by atoms with Crippen LogP contribution in [0.5, 0.6) is 0 Å². The van der Waals surface area contributed by atoms with Crippen LogP contribution in [0.4, 0.5) is 4.39 Å². The summed E-state index contributed by atoms with van der Waals surface area (Å²) in [5.41, 5.74) is 3.27. The maximum absolute atomic E-state index is 13.7. The Morgan fingerprint density at radius 2 is 2.13 bits per heavy atom. The molecular weight excluding hydrogens is 259 g/mol. The maximum atomic E-state index is 13.7. The van der Waals surface area contributed by atoms with Gasteiger partial charge in [0.2, 0.25) is 0 Å². The van der Waals surface area contributed by atoms with Crippen LogP contribution >= 0.6 is 15.9 Å². The third-order valence-corrected chi connectivity index (χ3v) is 2.88. The molecule has 15 heavy (non-hydrogen) atoms. The van der Waals surface area contributed by atoms with Crippen LogP contribution in [0, 0.1) is 11.7 Å². The third kappa shape index (κ3) is 3.26. The van der Waals surface area contributed by atoms with Gasteiger partial charge >= 0.3 is 0 Å². The Morgan fingerprint density at radius 1 is 1.47 bits per heavy atom. The summed E-state index contributed by atoms with van der Waals surface area (Å²) in [5.74, 6) is 5.67. The molecule has 1 atom stereocenters. The fourth-order valence-electron chi connectivity index (χ4n) is 1.55. The largest absolute Gasteiger partial charge is 0.271 e. The SMILES string of the molecule is CC(C)CC(NN)c1cccc(Br)c1F. The molecule has 0 fully saturated rings. The molecule has 1 aromatic carbocycles. The Bertz CT molecular complexity index is 328. The topological polar surface area (TPSA) is 38.0 Å². The van der Waals surface area contributed by atoms with E-state index < -0.39 is 0 Å². The van der Waals surface area contributed by atoms with Crippen LogP contribution < -0.4 is 11.3 Å². The molecule has 2 nitrogen and oxygen atoms in total. The first kappa shape index (κ1) is 12.6. The highest BCUT2D eigenvalue weighted by Gasteiger charge is 2.16. The van der Waals surface area contributed by atoms with Crippen molar-refractivity contribution in [2.24, 2.45) is 11.8 Å². The second kappa shape index (κ2) is 5.58. The standard InChI is InChI=1S/C11H16BrFN2/c1-7(2)6-10(15-14)8-4-3-5-9(12)11(8)13/h3-5,7,10,15H,6,14H2,1-2H3. The molecule has 0 aromatic heterocycles. The fourth-order valence-corrected chi connectivity index (χ4v) is 1.93. The highest BCUT2D eigenvalue weighted by Crippen LogP contribution is 2.27. The van der Waals surface area contributed by atoms with Crippen molar-refractivity contribution >= 4 is 15.9 Å². The van der Waals surface area contributed by atoms with Gasteiger partial charge in [-0.3, -0.25) is 11.3 Å². The van der Waals surface area contributed by atoms with Crippen LogP contribution in [0.2, 0.25) is 0 Å². The van der Waals surface area contributed by atoms with Gasteiger partial charge in [-0.05, 0) is 34.3 Å². The second-order valence-electron chi connectivity index (χ2n) is 3.99. The molecule has 1 unspecified atom stereocenters. The average molecular weight is 275 g/mol. The van der Waals surface area contributed by atoms with Gasteiger partial charge in [0.05, 0.1) is 4.47 Å². The van der Waals surface area contributed by atoms with Gasteiger partial charge in [0.1, 0.15) is 5.82 Å². The molecule has 0 aliphatic rings. The van der Waals surface area contributed by atoms with Gasteiger partial charge < -0.3 is 0 Å². The summed E-state index contributed by atoms with van der Waals surface area (Å²) in [5, 5.41) is 0. The van der Waals surface area contributed by atoms with Crippen molar-refractivity contribution in [3.05, 3.63) is 34.1 Å². The summed E-state index contributed by atoms with van der Waals surface area (Å²) < 4.78 is 14.2. The molecule has 1 aromatic rings. The molecule has 0 saturated carbocycles. The zero-order valence-electron chi connectivity index (χ0n) is 8.93. The van der Waals surface area contributed by atoms with E-state index in [-0.39, 0.29) is 11.9 Å². The third-order valence-electron chi connectivity index (χ3n) is 2.27. The van der Waals surface area contributed by atoms with Crippen molar-refractivity contribution in [2.45, 2.75) is 26.3 Å². The number of hydrogen-bond acceptors (Lipinski definition) is 2. The zero-order valence-corrected chi connectivity index (χ0v) is 10.5. The first-order valence-corrected chi connectivity index (χ1v) is 5.75. The lowest BCUT2D eigenvalue weighted by atomic mass is 9.97. The van der Waals surface area contributed by atoms with E-state index in [4.69, 9.17) is 5.84 Å². The normalized spacial score (nSPS) is 13.2. The van der Waals surface area contributed by atoms with Gasteiger partial charge in [-0.15, -0.1) is 0 Å². The maximum Gasteiger partial charge on any atom is 0.142 e. The number of nitrogens with one attached hydrogen (secondary N) is 1. The Kier molecular flexibility index (Phi) is 4.70. The Morgan fingerprint density at radius 3 is 2.67 bits per heavy atom. The number of hydrazine groups is 1. The lowest BCUT2D eigenvalue weighted by Gasteiger charge is -2.19. The van der Waals surface area contributed by atoms with E-state index in [9.17, 15) is 4.39 Å². The van der Waals surface area contributed by atoms with E-state index in [0.29, 0.717) is 16.0 Å². The van der Waals surface area contributed by atoms with Crippen molar-refractivity contribution < 1.29 is 4.39 Å². The monoisotopic (exact) mass is 274 g/mol. The lowest BCUT2D eigenvalue weighted by Crippen LogP contribution is -2.29. The molecule has 3 N–H and O–H groups in total. The molecule has 0 radical (unpaired) electrons. The van der Waals surface area contributed by atoms with Crippen LogP contribution in [0.1, 0.15) is 31.9 Å². The van der Waals surface area contributed by atoms with Crippen molar-refractivity contribution in [3.8, 4) is 0 Å². The lowest BCUT2D eigenvalue weighted by molar-refractivity contribution is 0.422. The van der Waals surface area contributed by atoms with Gasteiger partial charge in [-0.2, -0.15) is 0 Å². The minimum Gasteiger partial charge on any atom is -0.271 e. The average Bonchev–Trinajstić information content (AvgIpc) is 2.19. The minimum absolute atomic E-state index is 0.137. The summed E-state index contributed by atoms with van der Waals surface area (Å²) in [7, 11) is 0. The number of hydrogen-bond donors (Lipinski definition) is 2. The van der Waals surface area contributed by atoms with Gasteiger partial charge in [0, 0.05) is 11.6 Å². The molecule has 0 amide bonds. The minimum atomic E-state index is -0.235. The second-order valence-corrected chi connectivity index (χ2v) is 4.85. The summed E-state index contributed by atoms with van der Waals surface area (Å²) in [6.45, 7) is 4.17. The van der Waals surface area contributed by atoms with E-state index >= 15 is 0 Å². The van der Waals surface area contributed by atoms with E-state index in [1.165, 1.54) is 0 Å². The van der Waals surface area contributed by atoms with E-state index in [1.54, 1.807) is 12.1 Å². The van der Waals surface area contributed by atoms with Crippen molar-refractivity contribution in [1.29, 1.82) is 0 Å². The van der Waals surface area contributed by atoms with Crippen LogP contribution in [-0.2, 0) is 0 Å². The van der Waals surface area contributed by atoms with Crippen molar-refractivity contribution in [1.82, 2.24) is 5.43 Å². The molecule has 0 spiro atoms. The molecule has 0 heterocycles. The van der Waals surface area contributed by atoms with Gasteiger partial charge in [-0.25, -0.2) is 4.39 Å². The molecule has 0 aliphatic heterocycles. The molecular formula is C11H16BrFN2. The van der Waals surface area contributed by atoms with E-state index in [0.717, 1.165) is 6.42 Å². The van der Waals surface area contributed by atoms with Crippen molar-refractivity contribution in [3.63, 3.8) is 0 Å². The molecule has 0 bridgehead atoms. The summed E-state index contributed by atoms with van der Waals surface area (Å²) >= 11 is 3.17. The first-order chi connectivity index (χ1) is 7.06. The van der Waals surface area contributed by atoms with Crippen molar-refractivity contribution in [2.75, 3.05) is 0 Å². The van der Waals surface area contributed by atoms with Crippen LogP contribution in [0.25, 0.3) is 0 Å². The molecule has 84 valence electrons. The summed E-state index contributed by atoms with van der Waals surface area (Å²) in [4.78, 5) is 0. The van der Waals surface area contributed by atoms with Gasteiger partial charge in [0.15, 0.2) is 0 Å². The predicted molar refractivity (Wildman–Crippen MR) is 63.6 cm³/mol. The molecule has 0 aliphatic carbocycles. The van der Waals surface area contributed by atoms with Gasteiger partial charge in [0.25, 0.3) is 0 Å². The summed E-state index contributed by atoms with van der Waals surface area (Å²) in [6, 6.07) is 5.12. The van der Waals surface area contributed by atoms with Crippen LogP contribution in [0.3, 0.4) is 0 Å². The number of benzene rings is 1. The molecule has 4 heteroatoms. The quantitative estimate of drug-likeness (QED) is 0.654. The smallest absolute Gasteiger partial charge is 0.142 e. The van der Waals surface area contributed by atoms with E-state index in [1.807, 2.05) is 6.07 Å². The number of nitrogens with two attached hydrogens (primary N) is 1. The fraction of sp³-hybridized carbons (Fsp3) is 0.455.